The Kier molecular flexibility index (Phi) is 3.48. The lowest BCUT2D eigenvalue weighted by molar-refractivity contribution is -0.163. The summed E-state index contributed by atoms with van der Waals surface area (Å²) in [6.07, 6.45) is 0.414. The number of hydrogen-bond donors (Lipinski definition) is 1. The summed E-state index contributed by atoms with van der Waals surface area (Å²) < 4.78 is 0. The molecule has 0 aromatic heterocycles. The summed E-state index contributed by atoms with van der Waals surface area (Å²) in [5.74, 6) is 0.274. The van der Waals surface area contributed by atoms with E-state index in [-0.39, 0.29) is 35.4 Å². The minimum absolute atomic E-state index is 0.00909. The van der Waals surface area contributed by atoms with Crippen molar-refractivity contribution in [2.75, 3.05) is 32.7 Å². The fourth-order valence-corrected chi connectivity index (χ4v) is 4.12. The summed E-state index contributed by atoms with van der Waals surface area (Å²) in [5.41, 5.74) is -0.142. The third-order valence-electron chi connectivity index (χ3n) is 5.14. The molecule has 3 fully saturated rings. The monoisotopic (exact) mass is 295 g/mol. The quantitative estimate of drug-likeness (QED) is 0.710. The van der Waals surface area contributed by atoms with Crippen molar-refractivity contribution in [2.45, 2.75) is 44.9 Å². The Labute approximate surface area is 125 Å². The number of hydrogen-bond acceptors (Lipinski definition) is 4. The minimum Gasteiger partial charge on any atom is -0.392 e. The van der Waals surface area contributed by atoms with Crippen LogP contribution in [0, 0.1) is 5.92 Å². The molecule has 3 heterocycles. The average Bonchev–Trinajstić information content (AvgIpc) is 2.74. The van der Waals surface area contributed by atoms with Gasteiger partial charge in [-0.1, -0.05) is 13.8 Å². The van der Waals surface area contributed by atoms with Gasteiger partial charge in [-0.15, -0.1) is 0 Å². The highest BCUT2D eigenvalue weighted by Gasteiger charge is 2.57. The molecular formula is C15H25N3O3. The van der Waals surface area contributed by atoms with E-state index in [1.165, 1.54) is 0 Å². The molecule has 0 unspecified atom stereocenters. The summed E-state index contributed by atoms with van der Waals surface area (Å²) in [7, 11) is 0. The van der Waals surface area contributed by atoms with Crippen LogP contribution in [0.2, 0.25) is 0 Å². The molecule has 21 heavy (non-hydrogen) atoms. The van der Waals surface area contributed by atoms with Crippen molar-refractivity contribution in [3.05, 3.63) is 0 Å². The van der Waals surface area contributed by atoms with E-state index < -0.39 is 0 Å². The zero-order chi connectivity index (χ0) is 15.4. The van der Waals surface area contributed by atoms with Crippen LogP contribution in [0.1, 0.15) is 27.2 Å². The highest BCUT2D eigenvalue weighted by molar-refractivity contribution is 5.79. The first kappa shape index (κ1) is 14.8. The van der Waals surface area contributed by atoms with Gasteiger partial charge in [-0.2, -0.15) is 0 Å². The number of fused-ring (bicyclic) bond motifs is 2. The maximum absolute atomic E-state index is 12.1. The topological polar surface area (TPSA) is 64.1 Å². The molecule has 3 rings (SSSR count). The van der Waals surface area contributed by atoms with Crippen LogP contribution in [0.5, 0.6) is 0 Å². The van der Waals surface area contributed by atoms with Crippen molar-refractivity contribution < 1.29 is 14.7 Å². The Morgan fingerprint density at radius 1 is 1.14 bits per heavy atom. The van der Waals surface area contributed by atoms with Gasteiger partial charge in [0, 0.05) is 51.6 Å². The molecule has 3 aliphatic rings. The lowest BCUT2D eigenvalue weighted by Gasteiger charge is -2.61. The molecule has 1 N–H and O–H groups in total. The third-order valence-corrected chi connectivity index (χ3v) is 5.14. The molecule has 2 amide bonds. The fourth-order valence-electron chi connectivity index (χ4n) is 4.12. The number of nitrogens with zero attached hydrogens (tertiary/aromatic N) is 3. The van der Waals surface area contributed by atoms with E-state index in [0.29, 0.717) is 32.7 Å². The average molecular weight is 295 g/mol. The van der Waals surface area contributed by atoms with Gasteiger partial charge >= 0.3 is 0 Å². The smallest absolute Gasteiger partial charge is 0.225 e. The first-order valence-corrected chi connectivity index (χ1v) is 7.81. The lowest BCUT2D eigenvalue weighted by Crippen LogP contribution is -2.79. The molecule has 2 atom stereocenters. The first-order valence-electron chi connectivity index (χ1n) is 7.81. The second-order valence-electron chi connectivity index (χ2n) is 7.17. The van der Waals surface area contributed by atoms with Crippen LogP contribution in [0.25, 0.3) is 0 Å². The maximum atomic E-state index is 12.1. The zero-order valence-electron chi connectivity index (χ0n) is 13.1. The SMILES string of the molecule is CC(=O)N1C[C@H]2C[C@@H](O)CN2C2(C1)CN(C(=O)C(C)C)C2. The summed E-state index contributed by atoms with van der Waals surface area (Å²) in [5, 5.41) is 9.97. The number of rotatable bonds is 1. The number of carbonyl (C=O) groups excluding carboxylic acids is 2. The zero-order valence-corrected chi connectivity index (χ0v) is 13.1. The molecule has 6 nitrogen and oxygen atoms in total. The van der Waals surface area contributed by atoms with Gasteiger partial charge in [0.05, 0.1) is 11.6 Å². The highest BCUT2D eigenvalue weighted by Crippen LogP contribution is 2.39. The standard InChI is InChI=1S/C15H25N3O3/c1-10(2)14(21)17-8-15(9-17)7-16(11(3)19)5-12-4-13(20)6-18(12)15/h10,12-13,20H,4-9H2,1-3H3/t12-,13-/m1/s1. The van der Waals surface area contributed by atoms with Gasteiger partial charge in [0.2, 0.25) is 11.8 Å². The van der Waals surface area contributed by atoms with E-state index in [1.807, 2.05) is 23.6 Å². The van der Waals surface area contributed by atoms with Crippen LogP contribution in [-0.4, -0.2) is 82.0 Å². The van der Waals surface area contributed by atoms with Crippen molar-refractivity contribution in [3.63, 3.8) is 0 Å². The van der Waals surface area contributed by atoms with E-state index in [0.717, 1.165) is 6.42 Å². The summed E-state index contributed by atoms with van der Waals surface area (Å²) in [4.78, 5) is 30.0. The molecular weight excluding hydrogens is 270 g/mol. The van der Waals surface area contributed by atoms with Crippen LogP contribution in [0.4, 0.5) is 0 Å². The molecule has 1 spiro atoms. The number of piperazine rings is 1. The van der Waals surface area contributed by atoms with Gasteiger partial charge in [-0.25, -0.2) is 0 Å². The lowest BCUT2D eigenvalue weighted by atomic mass is 9.83. The summed E-state index contributed by atoms with van der Waals surface area (Å²) in [6, 6.07) is 0.231. The highest BCUT2D eigenvalue weighted by atomic mass is 16.3. The van der Waals surface area contributed by atoms with Gasteiger partial charge in [-0.05, 0) is 6.42 Å². The van der Waals surface area contributed by atoms with Crippen LogP contribution in [-0.2, 0) is 9.59 Å². The van der Waals surface area contributed by atoms with Crippen molar-refractivity contribution in [3.8, 4) is 0 Å². The number of β-amino-alcohol motifs (C(OH)–C–C–N with tert-alkyl or cyclic N) is 1. The molecule has 118 valence electrons. The van der Waals surface area contributed by atoms with Crippen molar-refractivity contribution >= 4 is 11.8 Å². The molecule has 3 aliphatic heterocycles. The maximum Gasteiger partial charge on any atom is 0.225 e. The van der Waals surface area contributed by atoms with Crippen molar-refractivity contribution in [1.82, 2.24) is 14.7 Å². The number of likely N-dealkylation sites (tertiary alicyclic amines) is 1. The van der Waals surface area contributed by atoms with E-state index >= 15 is 0 Å². The van der Waals surface area contributed by atoms with Crippen LogP contribution >= 0.6 is 0 Å². The summed E-state index contributed by atoms with van der Waals surface area (Å²) in [6.45, 7) is 8.83. The molecule has 0 radical (unpaired) electrons. The van der Waals surface area contributed by atoms with Gasteiger partial charge in [-0.3, -0.25) is 14.5 Å². The van der Waals surface area contributed by atoms with Crippen LogP contribution < -0.4 is 0 Å². The Bertz CT molecular complexity index is 459. The Balaban J connectivity index is 1.77. The molecule has 0 saturated carbocycles. The van der Waals surface area contributed by atoms with Crippen molar-refractivity contribution in [2.24, 2.45) is 5.92 Å². The van der Waals surface area contributed by atoms with E-state index in [9.17, 15) is 14.7 Å². The largest absolute Gasteiger partial charge is 0.392 e. The van der Waals surface area contributed by atoms with E-state index in [1.54, 1.807) is 6.92 Å². The Morgan fingerprint density at radius 2 is 1.76 bits per heavy atom. The molecule has 0 aliphatic carbocycles. The molecule has 0 aromatic rings. The number of aliphatic hydroxyl groups is 1. The summed E-state index contributed by atoms with van der Waals surface area (Å²) >= 11 is 0. The van der Waals surface area contributed by atoms with Crippen LogP contribution in [0.3, 0.4) is 0 Å². The normalized spacial score (nSPS) is 31.5. The van der Waals surface area contributed by atoms with E-state index in [4.69, 9.17) is 0 Å². The molecule has 6 heteroatoms. The van der Waals surface area contributed by atoms with Gasteiger partial charge in [0.1, 0.15) is 0 Å². The Morgan fingerprint density at radius 3 is 2.33 bits per heavy atom. The number of amides is 2. The Hall–Kier alpha value is -1.14. The minimum atomic E-state index is -0.311. The van der Waals surface area contributed by atoms with Gasteiger partial charge in [0.15, 0.2) is 0 Å². The fraction of sp³-hybridized carbons (Fsp3) is 0.867. The second kappa shape index (κ2) is 4.95. The predicted octanol–water partition coefficient (Wildman–Crippen LogP) is -0.479. The van der Waals surface area contributed by atoms with Crippen LogP contribution in [0.15, 0.2) is 0 Å². The molecule has 0 bridgehead atoms. The predicted molar refractivity (Wildman–Crippen MR) is 77.5 cm³/mol. The van der Waals surface area contributed by atoms with Crippen molar-refractivity contribution in [1.29, 1.82) is 0 Å². The van der Waals surface area contributed by atoms with Gasteiger partial charge < -0.3 is 14.9 Å². The third kappa shape index (κ3) is 2.34. The van der Waals surface area contributed by atoms with Gasteiger partial charge in [0.25, 0.3) is 0 Å². The second-order valence-corrected chi connectivity index (χ2v) is 7.17. The first-order chi connectivity index (χ1) is 9.82. The van der Waals surface area contributed by atoms with E-state index in [2.05, 4.69) is 4.90 Å². The molecule has 0 aromatic carbocycles. The molecule has 3 saturated heterocycles. The number of carbonyl (C=O) groups is 2. The number of aliphatic hydroxyl groups excluding tert-OH is 1.